The number of benzene rings is 1. The van der Waals surface area contributed by atoms with Gasteiger partial charge in [0.1, 0.15) is 5.82 Å². The minimum Gasteiger partial charge on any atom is -0.356 e. The van der Waals surface area contributed by atoms with E-state index in [1.807, 2.05) is 6.92 Å². The maximum Gasteiger partial charge on any atom is 0.223 e. The molecule has 21 heavy (non-hydrogen) atoms. The maximum absolute atomic E-state index is 13.0. The normalized spacial score (nSPS) is 20.9. The lowest BCUT2D eigenvalue weighted by molar-refractivity contribution is -0.125. The molecule has 0 aliphatic heterocycles. The van der Waals surface area contributed by atoms with Crippen molar-refractivity contribution in [2.45, 2.75) is 32.6 Å². The molecule has 1 fully saturated rings. The Kier molecular flexibility index (Phi) is 7.12. The quantitative estimate of drug-likeness (QED) is 0.877. The number of rotatable bonds is 5. The van der Waals surface area contributed by atoms with Crippen molar-refractivity contribution < 1.29 is 9.18 Å². The highest BCUT2D eigenvalue weighted by molar-refractivity contribution is 5.85. The summed E-state index contributed by atoms with van der Waals surface area (Å²) in [7, 11) is 0. The van der Waals surface area contributed by atoms with E-state index in [1.54, 1.807) is 6.07 Å². The van der Waals surface area contributed by atoms with Gasteiger partial charge in [0, 0.05) is 12.5 Å². The molecule has 118 valence electrons. The number of hydrogen-bond acceptors (Lipinski definition) is 2. The first-order valence-electron chi connectivity index (χ1n) is 7.34. The van der Waals surface area contributed by atoms with E-state index in [-0.39, 0.29) is 30.0 Å². The lowest BCUT2D eigenvalue weighted by Gasteiger charge is -2.17. The first kappa shape index (κ1) is 17.9. The summed E-state index contributed by atoms with van der Waals surface area (Å²) in [5, 5.41) is 2.99. The van der Waals surface area contributed by atoms with Gasteiger partial charge in [-0.3, -0.25) is 4.79 Å². The Labute approximate surface area is 131 Å². The van der Waals surface area contributed by atoms with Crippen LogP contribution in [-0.4, -0.2) is 19.0 Å². The first-order chi connectivity index (χ1) is 9.61. The Morgan fingerprint density at radius 2 is 2.19 bits per heavy atom. The Hall–Kier alpha value is -1.13. The van der Waals surface area contributed by atoms with Gasteiger partial charge >= 0.3 is 0 Å². The average molecular weight is 315 g/mol. The zero-order valence-corrected chi connectivity index (χ0v) is 13.2. The fourth-order valence-electron chi connectivity index (χ4n) is 3.06. The van der Waals surface area contributed by atoms with Crippen LogP contribution < -0.4 is 11.1 Å². The molecule has 5 heteroatoms. The Bertz CT molecular complexity index is 481. The zero-order chi connectivity index (χ0) is 14.5. The molecule has 0 radical (unpaired) electrons. The number of hydrogen-bond donors (Lipinski definition) is 2. The lowest BCUT2D eigenvalue weighted by Crippen LogP contribution is -2.36. The van der Waals surface area contributed by atoms with Crippen LogP contribution in [0.4, 0.5) is 4.39 Å². The van der Waals surface area contributed by atoms with Gasteiger partial charge in [0.2, 0.25) is 5.91 Å². The number of carbonyl (C=O) groups is 1. The van der Waals surface area contributed by atoms with Gasteiger partial charge in [-0.2, -0.15) is 0 Å². The van der Waals surface area contributed by atoms with E-state index in [2.05, 4.69) is 5.32 Å². The number of nitrogens with two attached hydrogens (primary N) is 1. The summed E-state index contributed by atoms with van der Waals surface area (Å²) in [6.45, 7) is 3.08. The average Bonchev–Trinajstić information content (AvgIpc) is 2.89. The molecule has 0 bridgehead atoms. The van der Waals surface area contributed by atoms with Crippen molar-refractivity contribution in [3.8, 4) is 0 Å². The van der Waals surface area contributed by atoms with Gasteiger partial charge in [-0.15, -0.1) is 12.4 Å². The smallest absolute Gasteiger partial charge is 0.223 e. The van der Waals surface area contributed by atoms with Crippen LogP contribution in [0.2, 0.25) is 0 Å². The second-order valence-corrected chi connectivity index (χ2v) is 5.65. The molecule has 0 aromatic heterocycles. The van der Waals surface area contributed by atoms with Crippen LogP contribution in [0.25, 0.3) is 0 Å². The fraction of sp³-hybridized carbons (Fsp3) is 0.562. The second kappa shape index (κ2) is 8.35. The van der Waals surface area contributed by atoms with Gasteiger partial charge in [0.05, 0.1) is 0 Å². The van der Waals surface area contributed by atoms with Crippen molar-refractivity contribution in [2.75, 3.05) is 13.1 Å². The molecule has 1 amide bonds. The van der Waals surface area contributed by atoms with Gasteiger partial charge in [-0.25, -0.2) is 4.39 Å². The number of carbonyl (C=O) groups excluding carboxylic acids is 1. The van der Waals surface area contributed by atoms with Crippen LogP contribution in [0.15, 0.2) is 18.2 Å². The van der Waals surface area contributed by atoms with Crippen molar-refractivity contribution in [3.63, 3.8) is 0 Å². The zero-order valence-electron chi connectivity index (χ0n) is 12.4. The fourth-order valence-corrected chi connectivity index (χ4v) is 3.06. The second-order valence-electron chi connectivity index (χ2n) is 5.65. The van der Waals surface area contributed by atoms with E-state index in [4.69, 9.17) is 5.73 Å². The molecule has 3 N–H and O–H groups in total. The highest BCUT2D eigenvalue weighted by Gasteiger charge is 2.31. The third-order valence-corrected chi connectivity index (χ3v) is 4.30. The highest BCUT2D eigenvalue weighted by Crippen LogP contribution is 2.30. The molecule has 0 spiro atoms. The summed E-state index contributed by atoms with van der Waals surface area (Å²) in [5.74, 6) is 0.321. The largest absolute Gasteiger partial charge is 0.356 e. The molecule has 1 aliphatic carbocycles. The van der Waals surface area contributed by atoms with Crippen LogP contribution >= 0.6 is 12.4 Å². The molecule has 1 saturated carbocycles. The summed E-state index contributed by atoms with van der Waals surface area (Å²) >= 11 is 0. The van der Waals surface area contributed by atoms with Crippen molar-refractivity contribution in [1.29, 1.82) is 0 Å². The topological polar surface area (TPSA) is 55.1 Å². The molecular formula is C16H24ClFN2O. The lowest BCUT2D eigenvalue weighted by atomic mass is 9.95. The van der Waals surface area contributed by atoms with Crippen molar-refractivity contribution in [3.05, 3.63) is 35.1 Å². The number of amides is 1. The Morgan fingerprint density at radius 1 is 1.43 bits per heavy atom. The first-order valence-corrected chi connectivity index (χ1v) is 7.34. The highest BCUT2D eigenvalue weighted by atomic mass is 35.5. The standard InChI is InChI=1S/C16H23FN2O.ClH/c1-11-9-14(17)6-5-12(11)7-8-19-16(20)15-4-2-3-13(15)10-18;/h5-6,9,13,15H,2-4,7-8,10,18H2,1H3,(H,19,20);1H/t13-,15-;/m1./s1. The molecule has 2 rings (SSSR count). The third-order valence-electron chi connectivity index (χ3n) is 4.30. The van der Waals surface area contributed by atoms with Crippen LogP contribution in [0, 0.1) is 24.6 Å². The van der Waals surface area contributed by atoms with Gasteiger partial charge in [-0.05, 0) is 61.9 Å². The van der Waals surface area contributed by atoms with Gasteiger partial charge in [0.25, 0.3) is 0 Å². The molecule has 0 saturated heterocycles. The van der Waals surface area contributed by atoms with E-state index in [0.717, 1.165) is 36.8 Å². The van der Waals surface area contributed by atoms with Gasteiger partial charge in [-0.1, -0.05) is 12.5 Å². The van der Waals surface area contributed by atoms with Crippen molar-refractivity contribution in [2.24, 2.45) is 17.6 Å². The maximum atomic E-state index is 13.0. The SMILES string of the molecule is Cc1cc(F)ccc1CCNC(=O)[C@@H]1CCC[C@@H]1CN.Cl. The molecular weight excluding hydrogens is 291 g/mol. The van der Waals surface area contributed by atoms with Crippen molar-refractivity contribution in [1.82, 2.24) is 5.32 Å². The Morgan fingerprint density at radius 3 is 2.86 bits per heavy atom. The summed E-state index contributed by atoms with van der Waals surface area (Å²) < 4.78 is 13.0. The predicted octanol–water partition coefficient (Wildman–Crippen LogP) is 2.59. The minimum absolute atomic E-state index is 0. The number of aryl methyl sites for hydroxylation is 1. The number of halogens is 2. The molecule has 3 nitrogen and oxygen atoms in total. The van der Waals surface area contributed by atoms with E-state index < -0.39 is 0 Å². The summed E-state index contributed by atoms with van der Waals surface area (Å²) in [5.41, 5.74) is 7.71. The summed E-state index contributed by atoms with van der Waals surface area (Å²) in [4.78, 5) is 12.1. The molecule has 2 atom stereocenters. The molecule has 1 aromatic rings. The van der Waals surface area contributed by atoms with Crippen LogP contribution in [-0.2, 0) is 11.2 Å². The van der Waals surface area contributed by atoms with Crippen molar-refractivity contribution >= 4 is 18.3 Å². The Balaban J connectivity index is 0.00000220. The van der Waals surface area contributed by atoms with Crippen LogP contribution in [0.1, 0.15) is 30.4 Å². The molecule has 0 unspecified atom stereocenters. The van der Waals surface area contributed by atoms with E-state index >= 15 is 0 Å². The predicted molar refractivity (Wildman–Crippen MR) is 85.0 cm³/mol. The van der Waals surface area contributed by atoms with Crippen LogP contribution in [0.3, 0.4) is 0 Å². The summed E-state index contributed by atoms with van der Waals surface area (Å²) in [6, 6.07) is 4.78. The number of nitrogens with one attached hydrogen (secondary N) is 1. The monoisotopic (exact) mass is 314 g/mol. The van der Waals surface area contributed by atoms with E-state index in [0.29, 0.717) is 19.0 Å². The van der Waals surface area contributed by atoms with Crippen LogP contribution in [0.5, 0.6) is 0 Å². The third kappa shape index (κ3) is 4.68. The molecule has 1 aliphatic rings. The summed E-state index contributed by atoms with van der Waals surface area (Å²) in [6.07, 6.45) is 3.84. The molecule has 1 aromatic carbocycles. The molecule has 0 heterocycles. The minimum atomic E-state index is -0.216. The van der Waals surface area contributed by atoms with Gasteiger partial charge in [0.15, 0.2) is 0 Å². The van der Waals surface area contributed by atoms with E-state index in [1.165, 1.54) is 12.1 Å². The van der Waals surface area contributed by atoms with Gasteiger partial charge < -0.3 is 11.1 Å². The van der Waals surface area contributed by atoms with E-state index in [9.17, 15) is 9.18 Å².